The molecule has 3 heterocycles. The number of allylic oxidation sites excluding steroid dienone is 1. The van der Waals surface area contributed by atoms with Gasteiger partial charge in [0.05, 0.1) is 25.4 Å². The van der Waals surface area contributed by atoms with Crippen molar-refractivity contribution in [3.8, 4) is 0 Å². The molecule has 0 spiro atoms. The number of nitrogens with one attached hydrogen (secondary N) is 1. The SMILES string of the molecule is CC1(C)O/C(=C2/C(=O)Nc3ccc(F)cc32)C=C1c1ccc(CN2CCN(CCOCCO)CC2)cc1. The highest BCUT2D eigenvalue weighted by Crippen LogP contribution is 2.44. The average Bonchev–Trinajstić information content (AvgIpc) is 3.37. The highest BCUT2D eigenvalue weighted by molar-refractivity contribution is 6.32. The van der Waals surface area contributed by atoms with Crippen molar-refractivity contribution < 1.29 is 23.8 Å². The number of halogens is 1. The monoisotopic (exact) mass is 507 g/mol. The van der Waals surface area contributed by atoms with Crippen molar-refractivity contribution in [3.63, 3.8) is 0 Å². The molecule has 0 radical (unpaired) electrons. The van der Waals surface area contributed by atoms with Crippen LogP contribution in [0.2, 0.25) is 0 Å². The second-order valence-electron chi connectivity index (χ2n) is 10.2. The number of hydrogen-bond acceptors (Lipinski definition) is 6. The van der Waals surface area contributed by atoms with Gasteiger partial charge in [-0.15, -0.1) is 0 Å². The van der Waals surface area contributed by atoms with Gasteiger partial charge in [-0.25, -0.2) is 4.39 Å². The van der Waals surface area contributed by atoms with E-state index in [1.54, 1.807) is 6.07 Å². The summed E-state index contributed by atoms with van der Waals surface area (Å²) in [4.78, 5) is 17.5. The van der Waals surface area contributed by atoms with Crippen molar-refractivity contribution in [1.29, 1.82) is 0 Å². The number of carbonyl (C=O) groups is 1. The number of aliphatic hydroxyl groups excluding tert-OH is 1. The maximum absolute atomic E-state index is 13.9. The molecule has 0 atom stereocenters. The Balaban J connectivity index is 1.26. The molecule has 1 amide bonds. The molecular formula is C29H34FN3O4. The second kappa shape index (κ2) is 10.8. The molecule has 5 rings (SSSR count). The van der Waals surface area contributed by atoms with E-state index in [4.69, 9.17) is 14.6 Å². The zero-order chi connectivity index (χ0) is 26.0. The van der Waals surface area contributed by atoms with Gasteiger partial charge in [0.25, 0.3) is 5.91 Å². The van der Waals surface area contributed by atoms with Crippen molar-refractivity contribution in [3.05, 3.63) is 76.8 Å². The van der Waals surface area contributed by atoms with Crippen LogP contribution in [0.4, 0.5) is 10.1 Å². The normalized spacial score (nSPS) is 21.5. The van der Waals surface area contributed by atoms with Crippen LogP contribution in [0.25, 0.3) is 11.1 Å². The van der Waals surface area contributed by atoms with E-state index < -0.39 is 5.60 Å². The number of fused-ring (bicyclic) bond motifs is 1. The summed E-state index contributed by atoms with van der Waals surface area (Å²) in [5.41, 5.74) is 4.13. The quantitative estimate of drug-likeness (QED) is 0.421. The topological polar surface area (TPSA) is 74.3 Å². The molecule has 7 nitrogen and oxygen atoms in total. The first-order chi connectivity index (χ1) is 17.8. The van der Waals surface area contributed by atoms with Gasteiger partial charge in [0, 0.05) is 56.1 Å². The number of ether oxygens (including phenoxy) is 2. The van der Waals surface area contributed by atoms with Crippen LogP contribution in [-0.2, 0) is 20.8 Å². The zero-order valence-electron chi connectivity index (χ0n) is 21.4. The van der Waals surface area contributed by atoms with Gasteiger partial charge in [-0.05, 0) is 49.2 Å². The highest BCUT2D eigenvalue weighted by atomic mass is 19.1. The number of amides is 1. The summed E-state index contributed by atoms with van der Waals surface area (Å²) in [7, 11) is 0. The number of benzene rings is 2. The lowest BCUT2D eigenvalue weighted by molar-refractivity contribution is -0.111. The van der Waals surface area contributed by atoms with E-state index in [0.29, 0.717) is 35.8 Å². The Kier molecular flexibility index (Phi) is 7.44. The van der Waals surface area contributed by atoms with Gasteiger partial charge in [0.1, 0.15) is 17.2 Å². The fourth-order valence-electron chi connectivity index (χ4n) is 5.18. The zero-order valence-corrected chi connectivity index (χ0v) is 21.4. The van der Waals surface area contributed by atoms with Crippen molar-refractivity contribution in [2.24, 2.45) is 0 Å². The Hall–Kier alpha value is -3.04. The van der Waals surface area contributed by atoms with Crippen LogP contribution in [0.15, 0.2) is 54.3 Å². The molecule has 0 bridgehead atoms. The molecule has 1 saturated heterocycles. The molecule has 0 saturated carbocycles. The molecule has 1 fully saturated rings. The number of hydrogen-bond donors (Lipinski definition) is 2. The van der Waals surface area contributed by atoms with Gasteiger partial charge in [0.15, 0.2) is 0 Å². The van der Waals surface area contributed by atoms with Crippen molar-refractivity contribution in [2.45, 2.75) is 26.0 Å². The van der Waals surface area contributed by atoms with Gasteiger partial charge >= 0.3 is 0 Å². The van der Waals surface area contributed by atoms with Crippen LogP contribution in [0.3, 0.4) is 0 Å². The lowest BCUT2D eigenvalue weighted by Gasteiger charge is -2.34. The van der Waals surface area contributed by atoms with Crippen LogP contribution in [0.1, 0.15) is 30.5 Å². The van der Waals surface area contributed by atoms with Crippen molar-refractivity contribution in [1.82, 2.24) is 9.80 Å². The summed E-state index contributed by atoms with van der Waals surface area (Å²) in [5, 5.41) is 11.6. The molecular weight excluding hydrogens is 473 g/mol. The third-order valence-electron chi connectivity index (χ3n) is 7.19. The smallest absolute Gasteiger partial charge is 0.260 e. The molecule has 2 N–H and O–H groups in total. The van der Waals surface area contributed by atoms with E-state index in [1.807, 2.05) is 19.9 Å². The van der Waals surface area contributed by atoms with E-state index >= 15 is 0 Å². The van der Waals surface area contributed by atoms with Crippen LogP contribution in [0.5, 0.6) is 0 Å². The predicted molar refractivity (Wildman–Crippen MR) is 141 cm³/mol. The summed E-state index contributed by atoms with van der Waals surface area (Å²) < 4.78 is 25.5. The van der Waals surface area contributed by atoms with Gasteiger partial charge in [-0.2, -0.15) is 0 Å². The molecule has 3 aliphatic heterocycles. The van der Waals surface area contributed by atoms with Crippen molar-refractivity contribution >= 4 is 22.7 Å². The number of rotatable bonds is 8. The van der Waals surface area contributed by atoms with Crippen molar-refractivity contribution in [2.75, 3.05) is 57.9 Å². The first-order valence-electron chi connectivity index (χ1n) is 12.8. The van der Waals surface area contributed by atoms with E-state index in [9.17, 15) is 9.18 Å². The number of anilines is 1. The minimum Gasteiger partial charge on any atom is -0.482 e. The van der Waals surface area contributed by atoms with Gasteiger partial charge < -0.3 is 19.9 Å². The van der Waals surface area contributed by atoms with Crippen LogP contribution < -0.4 is 5.32 Å². The van der Waals surface area contributed by atoms with Crippen LogP contribution in [-0.4, -0.2) is 79.0 Å². The first-order valence-corrected chi connectivity index (χ1v) is 12.8. The highest BCUT2D eigenvalue weighted by Gasteiger charge is 2.38. The average molecular weight is 508 g/mol. The lowest BCUT2D eigenvalue weighted by atomic mass is 9.91. The molecule has 196 valence electrons. The van der Waals surface area contributed by atoms with E-state index in [0.717, 1.165) is 50.4 Å². The summed E-state index contributed by atoms with van der Waals surface area (Å²) in [6.45, 7) is 10.9. The van der Waals surface area contributed by atoms with Gasteiger partial charge in [-0.3, -0.25) is 14.6 Å². The van der Waals surface area contributed by atoms with E-state index in [2.05, 4.69) is 39.4 Å². The predicted octanol–water partition coefficient (Wildman–Crippen LogP) is 3.51. The number of piperazine rings is 1. The minimum absolute atomic E-state index is 0.0696. The van der Waals surface area contributed by atoms with E-state index in [-0.39, 0.29) is 18.3 Å². The second-order valence-corrected chi connectivity index (χ2v) is 10.2. The molecule has 0 aromatic heterocycles. The standard InChI is InChI=1S/C29H34FN3O4/c1-29(2)24(18-26(37-29)27-23-17-22(30)7-8-25(23)31-28(27)35)21-5-3-20(4-6-21)19-33-11-9-32(10-12-33)13-15-36-16-14-34/h3-8,17-18,34H,9-16,19H2,1-2H3,(H,31,35)/b27-26+. The summed E-state index contributed by atoms with van der Waals surface area (Å²) in [6.07, 6.45) is 1.91. The molecule has 2 aromatic rings. The molecule has 0 aliphatic carbocycles. The van der Waals surface area contributed by atoms with E-state index in [1.165, 1.54) is 17.7 Å². The number of carbonyl (C=O) groups excluding carboxylic acids is 1. The fourth-order valence-corrected chi connectivity index (χ4v) is 5.18. The summed E-state index contributed by atoms with van der Waals surface area (Å²) in [6, 6.07) is 12.8. The summed E-state index contributed by atoms with van der Waals surface area (Å²) >= 11 is 0. The van der Waals surface area contributed by atoms with Crippen LogP contribution in [0, 0.1) is 5.82 Å². The first kappa shape index (κ1) is 25.6. The Morgan fingerprint density at radius 1 is 1.05 bits per heavy atom. The van der Waals surface area contributed by atoms with Gasteiger partial charge in [-0.1, -0.05) is 24.3 Å². The Bertz CT molecular complexity index is 1210. The third kappa shape index (κ3) is 5.62. The number of nitrogens with zero attached hydrogens (tertiary/aromatic N) is 2. The molecule has 8 heteroatoms. The van der Waals surface area contributed by atoms with Crippen LogP contribution >= 0.6 is 0 Å². The fraction of sp³-hybridized carbons (Fsp3) is 0.414. The Morgan fingerprint density at radius 3 is 2.51 bits per heavy atom. The Morgan fingerprint density at radius 2 is 1.78 bits per heavy atom. The molecule has 0 unspecified atom stereocenters. The minimum atomic E-state index is -0.628. The lowest BCUT2D eigenvalue weighted by Crippen LogP contribution is -2.46. The Labute approximate surface area is 217 Å². The maximum Gasteiger partial charge on any atom is 0.260 e. The van der Waals surface area contributed by atoms with Gasteiger partial charge in [0.2, 0.25) is 0 Å². The summed E-state index contributed by atoms with van der Waals surface area (Å²) in [5.74, 6) is -0.207. The molecule has 2 aromatic carbocycles. The maximum atomic E-state index is 13.9. The third-order valence-corrected chi connectivity index (χ3v) is 7.19. The molecule has 3 aliphatic rings. The largest absolute Gasteiger partial charge is 0.482 e. The molecule has 37 heavy (non-hydrogen) atoms. The number of aliphatic hydroxyl groups is 1.